The molecule has 0 radical (unpaired) electrons. The molecule has 5 nitrogen and oxygen atoms in total. The van der Waals surface area contributed by atoms with Crippen LogP contribution in [0.4, 0.5) is 11.4 Å². The van der Waals surface area contributed by atoms with Gasteiger partial charge < -0.3 is 14.6 Å². The highest BCUT2D eigenvalue weighted by Crippen LogP contribution is 2.39. The summed E-state index contributed by atoms with van der Waals surface area (Å²) in [6.07, 6.45) is 1.59. The van der Waals surface area contributed by atoms with Crippen molar-refractivity contribution in [2.24, 2.45) is 0 Å². The summed E-state index contributed by atoms with van der Waals surface area (Å²) in [5, 5.41) is 3.59. The van der Waals surface area contributed by atoms with Crippen molar-refractivity contribution in [3.63, 3.8) is 0 Å². The summed E-state index contributed by atoms with van der Waals surface area (Å²) in [7, 11) is -1.80. The van der Waals surface area contributed by atoms with E-state index in [1.807, 2.05) is 61.2 Å². The van der Waals surface area contributed by atoms with Gasteiger partial charge in [-0.25, -0.2) is 0 Å². The molecule has 3 aromatic rings. The monoisotopic (exact) mass is 520 g/mol. The molecule has 1 N–H and O–H groups in total. The van der Waals surface area contributed by atoms with E-state index >= 15 is 0 Å². The molecule has 0 aromatic heterocycles. The van der Waals surface area contributed by atoms with Gasteiger partial charge in [0.2, 0.25) is 0 Å². The van der Waals surface area contributed by atoms with E-state index in [2.05, 4.69) is 25.0 Å². The van der Waals surface area contributed by atoms with E-state index < -0.39 is 8.32 Å². The Morgan fingerprint density at radius 2 is 1.72 bits per heavy atom. The fourth-order valence-electron chi connectivity index (χ4n) is 4.65. The second-order valence-corrected chi connectivity index (χ2v) is 15.2. The van der Waals surface area contributed by atoms with Crippen molar-refractivity contribution in [3.8, 4) is 0 Å². The van der Waals surface area contributed by atoms with Gasteiger partial charge in [0.05, 0.1) is 6.10 Å². The lowest BCUT2D eigenvalue weighted by Crippen LogP contribution is -2.32. The number of nitrogens with one attached hydrogen (secondary N) is 1. The van der Waals surface area contributed by atoms with Crippen LogP contribution in [0.15, 0.2) is 60.7 Å². The minimum atomic E-state index is -1.80. The highest BCUT2D eigenvalue weighted by atomic mass is 35.5. The normalized spacial score (nSPS) is 15.7. The molecule has 188 valence electrons. The van der Waals surface area contributed by atoms with Crippen molar-refractivity contribution in [3.05, 3.63) is 93.5 Å². The van der Waals surface area contributed by atoms with Gasteiger partial charge in [-0.05, 0) is 99.9 Å². The summed E-state index contributed by atoms with van der Waals surface area (Å²) >= 11 is 6.37. The lowest BCUT2D eigenvalue weighted by molar-refractivity contribution is 0.0985. The van der Waals surface area contributed by atoms with Crippen molar-refractivity contribution in [1.82, 2.24) is 0 Å². The van der Waals surface area contributed by atoms with Gasteiger partial charge in [-0.1, -0.05) is 29.8 Å². The van der Waals surface area contributed by atoms with Gasteiger partial charge in [0.1, 0.15) is 0 Å². The van der Waals surface area contributed by atoms with Crippen LogP contribution < -0.4 is 10.2 Å². The molecule has 1 atom stereocenters. The minimum absolute atomic E-state index is 0.0680. The lowest BCUT2D eigenvalue weighted by atomic mass is 10.0. The van der Waals surface area contributed by atoms with Gasteiger partial charge in [0, 0.05) is 39.6 Å². The van der Waals surface area contributed by atoms with E-state index in [1.165, 1.54) is 0 Å². The Morgan fingerprint density at radius 3 is 2.42 bits per heavy atom. The summed E-state index contributed by atoms with van der Waals surface area (Å²) in [5.41, 5.74) is 5.42. The standard InChI is InChI=1S/C29H33ClN2O3Si/c1-19-9-6-7-10-23(19)28(33)31-22-13-14-24(20(2)17-22)29(34)32-16-8-11-27(35-36(3,4)5)25-18-21(30)12-15-26(25)32/h6-7,9-10,12-15,17-18,27H,8,11,16H2,1-5H3,(H,31,33). The molecule has 0 aliphatic carbocycles. The first-order chi connectivity index (χ1) is 17.0. The molecule has 0 saturated carbocycles. The summed E-state index contributed by atoms with van der Waals surface area (Å²) < 4.78 is 6.50. The molecule has 3 aromatic carbocycles. The van der Waals surface area contributed by atoms with Crippen molar-refractivity contribution >= 4 is 43.1 Å². The second kappa shape index (κ2) is 10.6. The van der Waals surface area contributed by atoms with Crippen LogP contribution in [-0.4, -0.2) is 26.7 Å². The first-order valence-electron chi connectivity index (χ1n) is 12.3. The zero-order chi connectivity index (χ0) is 26.0. The number of fused-ring (bicyclic) bond motifs is 1. The number of benzene rings is 3. The number of hydrogen-bond acceptors (Lipinski definition) is 3. The van der Waals surface area contributed by atoms with E-state index in [-0.39, 0.29) is 17.9 Å². The number of carbonyl (C=O) groups excluding carboxylic acids is 2. The van der Waals surface area contributed by atoms with Gasteiger partial charge in [-0.15, -0.1) is 0 Å². The Balaban J connectivity index is 1.61. The molecular formula is C29H33ClN2O3Si. The van der Waals surface area contributed by atoms with Crippen LogP contribution >= 0.6 is 11.6 Å². The number of amides is 2. The van der Waals surface area contributed by atoms with Crippen LogP contribution in [-0.2, 0) is 4.43 Å². The smallest absolute Gasteiger partial charge is 0.258 e. The molecule has 36 heavy (non-hydrogen) atoms. The van der Waals surface area contributed by atoms with E-state index in [0.29, 0.717) is 28.4 Å². The number of hydrogen-bond donors (Lipinski definition) is 1. The Bertz CT molecular complexity index is 1300. The van der Waals surface area contributed by atoms with Crippen molar-refractivity contribution in [2.75, 3.05) is 16.8 Å². The molecule has 7 heteroatoms. The first-order valence-corrected chi connectivity index (χ1v) is 16.1. The van der Waals surface area contributed by atoms with E-state index in [4.69, 9.17) is 16.0 Å². The van der Waals surface area contributed by atoms with Crippen LogP contribution in [0.3, 0.4) is 0 Å². The molecule has 0 fully saturated rings. The van der Waals surface area contributed by atoms with Gasteiger partial charge in [-0.3, -0.25) is 9.59 Å². The number of carbonyl (C=O) groups is 2. The zero-order valence-electron chi connectivity index (χ0n) is 21.5. The summed E-state index contributed by atoms with van der Waals surface area (Å²) in [6.45, 7) is 10.9. The Hall–Kier alpha value is -2.93. The average Bonchev–Trinajstić information content (AvgIpc) is 2.97. The number of nitrogens with zero attached hydrogens (tertiary/aromatic N) is 1. The predicted octanol–water partition coefficient (Wildman–Crippen LogP) is 7.54. The summed E-state index contributed by atoms with van der Waals surface area (Å²) in [5.74, 6) is -0.236. The summed E-state index contributed by atoms with van der Waals surface area (Å²) in [4.78, 5) is 28.4. The van der Waals surface area contributed by atoms with Crippen molar-refractivity contribution < 1.29 is 14.0 Å². The molecule has 1 aliphatic heterocycles. The van der Waals surface area contributed by atoms with Gasteiger partial charge in [-0.2, -0.15) is 0 Å². The number of anilines is 2. The van der Waals surface area contributed by atoms with E-state index in [9.17, 15) is 9.59 Å². The quantitative estimate of drug-likeness (QED) is 0.353. The molecule has 1 unspecified atom stereocenters. The molecule has 4 rings (SSSR count). The van der Waals surface area contributed by atoms with Crippen LogP contribution in [0.2, 0.25) is 24.7 Å². The topological polar surface area (TPSA) is 58.6 Å². The van der Waals surface area contributed by atoms with Crippen LogP contribution in [0, 0.1) is 13.8 Å². The van der Waals surface area contributed by atoms with Crippen LogP contribution in [0.25, 0.3) is 0 Å². The van der Waals surface area contributed by atoms with E-state index in [1.54, 1.807) is 18.2 Å². The minimum Gasteiger partial charge on any atom is -0.411 e. The fourth-order valence-corrected chi connectivity index (χ4v) is 5.93. The fraction of sp³-hybridized carbons (Fsp3) is 0.310. The van der Waals surface area contributed by atoms with Crippen molar-refractivity contribution in [1.29, 1.82) is 0 Å². The van der Waals surface area contributed by atoms with Gasteiger partial charge >= 0.3 is 0 Å². The third kappa shape index (κ3) is 5.89. The maximum Gasteiger partial charge on any atom is 0.258 e. The highest BCUT2D eigenvalue weighted by molar-refractivity contribution is 6.69. The zero-order valence-corrected chi connectivity index (χ0v) is 23.3. The largest absolute Gasteiger partial charge is 0.411 e. The van der Waals surface area contributed by atoms with Crippen LogP contribution in [0.1, 0.15) is 56.4 Å². The Labute approximate surface area is 219 Å². The first kappa shape index (κ1) is 26.1. The third-order valence-corrected chi connectivity index (χ3v) is 7.55. The number of aryl methyl sites for hydroxylation is 2. The van der Waals surface area contributed by atoms with E-state index in [0.717, 1.165) is 35.2 Å². The Kier molecular flexibility index (Phi) is 7.69. The molecule has 2 amide bonds. The molecule has 0 saturated heterocycles. The average molecular weight is 521 g/mol. The molecule has 0 bridgehead atoms. The predicted molar refractivity (Wildman–Crippen MR) is 150 cm³/mol. The molecular weight excluding hydrogens is 488 g/mol. The molecule has 1 heterocycles. The SMILES string of the molecule is Cc1ccccc1C(=O)Nc1ccc(C(=O)N2CCCC(O[Si](C)(C)C)c3cc(Cl)ccc32)c(C)c1. The van der Waals surface area contributed by atoms with Gasteiger partial charge in [0.15, 0.2) is 8.32 Å². The Morgan fingerprint density at radius 1 is 0.972 bits per heavy atom. The maximum atomic E-state index is 13.8. The lowest BCUT2D eigenvalue weighted by Gasteiger charge is -2.28. The van der Waals surface area contributed by atoms with Gasteiger partial charge in [0.25, 0.3) is 11.8 Å². The molecule has 0 spiro atoms. The highest BCUT2D eigenvalue weighted by Gasteiger charge is 2.31. The van der Waals surface area contributed by atoms with Crippen LogP contribution in [0.5, 0.6) is 0 Å². The third-order valence-electron chi connectivity index (χ3n) is 6.32. The maximum absolute atomic E-state index is 13.8. The molecule has 1 aliphatic rings. The summed E-state index contributed by atoms with van der Waals surface area (Å²) in [6, 6.07) is 18.6. The number of rotatable bonds is 5. The number of halogens is 1. The van der Waals surface area contributed by atoms with Crippen molar-refractivity contribution in [2.45, 2.75) is 52.4 Å². The second-order valence-electron chi connectivity index (χ2n) is 10.3.